The first-order chi connectivity index (χ1) is 11.8. The maximum atomic E-state index is 6.41. The molecule has 0 radical (unpaired) electrons. The number of allylic oxidation sites excluding steroid dienone is 2. The highest BCUT2D eigenvalue weighted by Crippen LogP contribution is 2.39. The summed E-state index contributed by atoms with van der Waals surface area (Å²) in [6, 6.07) is 7.51. The van der Waals surface area contributed by atoms with Crippen LogP contribution < -0.4 is 5.32 Å². The van der Waals surface area contributed by atoms with Gasteiger partial charge in [-0.1, -0.05) is 74.4 Å². The van der Waals surface area contributed by atoms with Gasteiger partial charge >= 0.3 is 0 Å². The van der Waals surface area contributed by atoms with Gasteiger partial charge in [0.1, 0.15) is 0 Å². The standard InChI is InChI=1S/C15H17Cl.C7H15N.ClH/c16-15-10-13(11-6-7-11)8-9-14(15)12-4-2-1-3-5-12;1-8-7-5-3-2-4-6-7;/h6-12H,1-5H2;7-8H,2-6H2,1H3;1H. The molecule has 25 heavy (non-hydrogen) atoms. The fourth-order valence-electron chi connectivity index (χ4n) is 4.16. The van der Waals surface area contributed by atoms with Crippen molar-refractivity contribution in [3.05, 3.63) is 46.5 Å². The number of benzene rings is 1. The first-order valence-corrected chi connectivity index (χ1v) is 10.3. The number of hydrogen-bond donors (Lipinski definition) is 1. The van der Waals surface area contributed by atoms with Gasteiger partial charge in [0.05, 0.1) is 0 Å². The van der Waals surface area contributed by atoms with Crippen LogP contribution in [0.1, 0.15) is 87.2 Å². The zero-order chi connectivity index (χ0) is 16.8. The molecule has 0 saturated heterocycles. The summed E-state index contributed by atoms with van der Waals surface area (Å²) in [4.78, 5) is 0. The summed E-state index contributed by atoms with van der Waals surface area (Å²) in [5.41, 5.74) is 2.73. The van der Waals surface area contributed by atoms with Crippen molar-refractivity contribution < 1.29 is 0 Å². The number of hydrogen-bond acceptors (Lipinski definition) is 1. The quantitative estimate of drug-likeness (QED) is 0.555. The van der Waals surface area contributed by atoms with Gasteiger partial charge in [-0.15, -0.1) is 12.4 Å². The third-order valence-corrected chi connectivity index (χ3v) is 6.18. The summed E-state index contributed by atoms with van der Waals surface area (Å²) in [5, 5.41) is 4.29. The molecule has 0 spiro atoms. The van der Waals surface area contributed by atoms with Crippen molar-refractivity contribution in [3.8, 4) is 0 Å². The Hall–Kier alpha value is -0.500. The Morgan fingerprint density at radius 1 is 0.880 bits per heavy atom. The maximum absolute atomic E-state index is 6.41. The van der Waals surface area contributed by atoms with Crippen LogP contribution in [0.25, 0.3) is 0 Å². The molecule has 1 N–H and O–H groups in total. The molecular formula is C22H33Cl2N. The minimum atomic E-state index is 0. The lowest BCUT2D eigenvalue weighted by Crippen LogP contribution is -2.26. The van der Waals surface area contributed by atoms with Gasteiger partial charge in [-0.05, 0) is 55.8 Å². The molecule has 2 fully saturated rings. The molecule has 0 aromatic heterocycles. The fourth-order valence-corrected chi connectivity index (χ4v) is 4.51. The molecular weight excluding hydrogens is 349 g/mol. The Morgan fingerprint density at radius 2 is 1.48 bits per heavy atom. The second kappa shape index (κ2) is 10.6. The maximum Gasteiger partial charge on any atom is 0.0443 e. The van der Waals surface area contributed by atoms with E-state index in [0.29, 0.717) is 11.8 Å². The monoisotopic (exact) mass is 381 g/mol. The van der Waals surface area contributed by atoms with E-state index in [4.69, 9.17) is 11.6 Å². The minimum Gasteiger partial charge on any atom is -0.317 e. The molecule has 4 rings (SSSR count). The highest BCUT2D eigenvalue weighted by molar-refractivity contribution is 6.31. The highest BCUT2D eigenvalue weighted by Gasteiger charge is 2.20. The summed E-state index contributed by atoms with van der Waals surface area (Å²) < 4.78 is 0. The Labute approximate surface area is 165 Å². The predicted molar refractivity (Wildman–Crippen MR) is 112 cm³/mol. The zero-order valence-electron chi connectivity index (χ0n) is 15.5. The first kappa shape index (κ1) is 20.8. The Kier molecular flexibility index (Phi) is 8.82. The molecule has 3 heteroatoms. The summed E-state index contributed by atoms with van der Waals surface area (Å²) in [6.45, 7) is 0. The average Bonchev–Trinajstić information content (AvgIpc) is 3.49. The van der Waals surface area contributed by atoms with Crippen molar-refractivity contribution in [3.63, 3.8) is 0 Å². The third kappa shape index (κ3) is 6.31. The van der Waals surface area contributed by atoms with E-state index in [-0.39, 0.29) is 12.4 Å². The molecule has 1 aromatic rings. The number of nitrogens with one attached hydrogen (secondary N) is 1. The molecule has 140 valence electrons. The lowest BCUT2D eigenvalue weighted by Gasteiger charge is -2.23. The van der Waals surface area contributed by atoms with E-state index in [1.165, 1.54) is 75.3 Å². The lowest BCUT2D eigenvalue weighted by atomic mass is 9.83. The first-order valence-electron chi connectivity index (χ1n) is 9.93. The van der Waals surface area contributed by atoms with Crippen LogP contribution in [0.3, 0.4) is 0 Å². The van der Waals surface area contributed by atoms with E-state index in [1.807, 2.05) is 0 Å². The predicted octanol–water partition coefficient (Wildman–Crippen LogP) is 7.00. The van der Waals surface area contributed by atoms with Crippen molar-refractivity contribution in [2.45, 2.75) is 82.1 Å². The van der Waals surface area contributed by atoms with Crippen molar-refractivity contribution in [2.24, 2.45) is 0 Å². The van der Waals surface area contributed by atoms with Crippen LogP contribution in [0.4, 0.5) is 0 Å². The van der Waals surface area contributed by atoms with Gasteiger partial charge in [-0.2, -0.15) is 0 Å². The van der Waals surface area contributed by atoms with Gasteiger partial charge in [-0.3, -0.25) is 0 Å². The second-order valence-corrected chi connectivity index (χ2v) is 8.06. The van der Waals surface area contributed by atoms with Crippen LogP contribution in [0.15, 0.2) is 30.4 Å². The van der Waals surface area contributed by atoms with E-state index in [9.17, 15) is 0 Å². The molecule has 0 heterocycles. The molecule has 0 amide bonds. The van der Waals surface area contributed by atoms with Gasteiger partial charge < -0.3 is 5.32 Å². The Morgan fingerprint density at radius 3 is 1.96 bits per heavy atom. The molecule has 0 atom stereocenters. The van der Waals surface area contributed by atoms with Crippen LogP contribution in [0.5, 0.6) is 0 Å². The van der Waals surface area contributed by atoms with Crippen LogP contribution in [0, 0.1) is 0 Å². The van der Waals surface area contributed by atoms with Gasteiger partial charge in [0.15, 0.2) is 0 Å². The van der Waals surface area contributed by atoms with Crippen molar-refractivity contribution >= 4 is 24.0 Å². The minimum absolute atomic E-state index is 0. The van der Waals surface area contributed by atoms with E-state index >= 15 is 0 Å². The van der Waals surface area contributed by atoms with E-state index in [1.54, 1.807) is 0 Å². The van der Waals surface area contributed by atoms with Crippen LogP contribution in [-0.2, 0) is 0 Å². The number of rotatable bonds is 3. The third-order valence-electron chi connectivity index (χ3n) is 5.85. The molecule has 3 aliphatic carbocycles. The topological polar surface area (TPSA) is 12.0 Å². The highest BCUT2D eigenvalue weighted by atomic mass is 35.5. The summed E-state index contributed by atoms with van der Waals surface area (Å²) in [5.74, 6) is 1.28. The molecule has 0 aliphatic heterocycles. The zero-order valence-corrected chi connectivity index (χ0v) is 17.0. The van der Waals surface area contributed by atoms with Crippen LogP contribution in [-0.4, -0.2) is 13.1 Å². The SMILES string of the molecule is CNC1CCCCC1.Cl.Clc1cc(C2C=C2)ccc1C1CCCCC1. The summed E-state index contributed by atoms with van der Waals surface area (Å²) in [7, 11) is 2.07. The Balaban J connectivity index is 0.000000214. The molecule has 0 bridgehead atoms. The Bertz CT molecular complexity index is 537. The average molecular weight is 382 g/mol. The molecule has 1 nitrogen and oxygen atoms in total. The smallest absolute Gasteiger partial charge is 0.0443 e. The normalized spacial score (nSPS) is 21.2. The van der Waals surface area contributed by atoms with Crippen molar-refractivity contribution in [1.82, 2.24) is 5.32 Å². The van der Waals surface area contributed by atoms with Crippen molar-refractivity contribution in [1.29, 1.82) is 0 Å². The molecule has 1 aromatic carbocycles. The second-order valence-electron chi connectivity index (χ2n) is 7.65. The molecule has 2 saturated carbocycles. The van der Waals surface area contributed by atoms with E-state index < -0.39 is 0 Å². The van der Waals surface area contributed by atoms with E-state index in [0.717, 1.165) is 11.1 Å². The van der Waals surface area contributed by atoms with Gasteiger partial charge in [0.25, 0.3) is 0 Å². The summed E-state index contributed by atoms with van der Waals surface area (Å²) >= 11 is 6.41. The molecule has 3 aliphatic rings. The van der Waals surface area contributed by atoms with Crippen molar-refractivity contribution in [2.75, 3.05) is 7.05 Å². The number of halogens is 2. The van der Waals surface area contributed by atoms with Crippen LogP contribution >= 0.6 is 24.0 Å². The largest absolute Gasteiger partial charge is 0.317 e. The van der Waals surface area contributed by atoms with Gasteiger partial charge in [0.2, 0.25) is 0 Å². The lowest BCUT2D eigenvalue weighted by molar-refractivity contribution is 0.394. The summed E-state index contributed by atoms with van der Waals surface area (Å²) in [6.07, 6.45) is 18.3. The molecule has 0 unspecified atom stereocenters. The van der Waals surface area contributed by atoms with E-state index in [2.05, 4.69) is 42.7 Å². The van der Waals surface area contributed by atoms with Crippen LogP contribution in [0.2, 0.25) is 5.02 Å². The van der Waals surface area contributed by atoms with Gasteiger partial charge in [-0.25, -0.2) is 0 Å². The fraction of sp³-hybridized carbons (Fsp3) is 0.636. The van der Waals surface area contributed by atoms with Gasteiger partial charge in [0, 0.05) is 17.0 Å².